The summed E-state index contributed by atoms with van der Waals surface area (Å²) in [6.45, 7) is 2.87. The normalized spacial score (nSPS) is 17.9. The smallest absolute Gasteiger partial charge is 0.275 e. The van der Waals surface area contributed by atoms with E-state index < -0.39 is 0 Å². The second-order valence-electron chi connectivity index (χ2n) is 6.68. The summed E-state index contributed by atoms with van der Waals surface area (Å²) in [5.41, 5.74) is 2.50. The van der Waals surface area contributed by atoms with Gasteiger partial charge in [0, 0.05) is 38.3 Å². The van der Waals surface area contributed by atoms with Gasteiger partial charge in [0.25, 0.3) is 5.91 Å². The molecule has 7 nitrogen and oxygen atoms in total. The third kappa shape index (κ3) is 2.79. The predicted molar refractivity (Wildman–Crippen MR) is 104 cm³/mol. The number of aromatic nitrogens is 4. The highest BCUT2D eigenvalue weighted by Gasteiger charge is 2.32. The van der Waals surface area contributed by atoms with Crippen LogP contribution in [0.1, 0.15) is 34.9 Å². The summed E-state index contributed by atoms with van der Waals surface area (Å²) in [5.74, 6) is 0.522. The van der Waals surface area contributed by atoms with Gasteiger partial charge in [-0.15, -0.1) is 0 Å². The Kier molecular flexibility index (Phi) is 3.93. The highest BCUT2D eigenvalue weighted by molar-refractivity contribution is 9.10. The van der Waals surface area contributed by atoms with Crippen LogP contribution >= 0.6 is 27.3 Å². The molecule has 1 N–H and O–H groups in total. The van der Waals surface area contributed by atoms with Crippen LogP contribution in [-0.2, 0) is 0 Å². The molecule has 0 spiro atoms. The average molecular weight is 433 g/mol. The second kappa shape index (κ2) is 6.31. The summed E-state index contributed by atoms with van der Waals surface area (Å²) >= 11 is 5.16. The molecule has 1 aliphatic carbocycles. The van der Waals surface area contributed by atoms with Crippen LogP contribution in [0.15, 0.2) is 22.8 Å². The van der Waals surface area contributed by atoms with Crippen LogP contribution in [-0.4, -0.2) is 57.2 Å². The predicted octanol–water partition coefficient (Wildman–Crippen LogP) is 3.02. The lowest BCUT2D eigenvalue weighted by molar-refractivity contribution is 0.0740. The maximum atomic E-state index is 12.8. The van der Waals surface area contributed by atoms with Crippen LogP contribution in [0.2, 0.25) is 0 Å². The van der Waals surface area contributed by atoms with Gasteiger partial charge < -0.3 is 9.80 Å². The van der Waals surface area contributed by atoms with Crippen LogP contribution in [0.3, 0.4) is 0 Å². The van der Waals surface area contributed by atoms with E-state index in [4.69, 9.17) is 0 Å². The van der Waals surface area contributed by atoms with E-state index in [9.17, 15) is 4.79 Å². The first kappa shape index (κ1) is 16.2. The lowest BCUT2D eigenvalue weighted by atomic mass is 10.2. The number of carbonyl (C=O) groups is 1. The van der Waals surface area contributed by atoms with Gasteiger partial charge >= 0.3 is 0 Å². The third-order valence-corrected chi connectivity index (χ3v) is 6.76. The minimum Gasteiger partial charge on any atom is -0.344 e. The number of nitrogens with one attached hydrogen (secondary N) is 1. The van der Waals surface area contributed by atoms with Crippen molar-refractivity contribution in [1.29, 1.82) is 0 Å². The number of aromatic amines is 1. The van der Waals surface area contributed by atoms with Crippen LogP contribution in [0.25, 0.3) is 10.3 Å². The molecule has 1 saturated carbocycles. The van der Waals surface area contributed by atoms with Crippen LogP contribution in [0.4, 0.5) is 5.13 Å². The Labute approximate surface area is 162 Å². The summed E-state index contributed by atoms with van der Waals surface area (Å²) in [7, 11) is 0. The lowest BCUT2D eigenvalue weighted by Gasteiger charge is -2.34. The van der Waals surface area contributed by atoms with E-state index >= 15 is 0 Å². The average Bonchev–Trinajstić information content (AvgIpc) is 3.30. The molecule has 3 aromatic rings. The monoisotopic (exact) mass is 432 g/mol. The molecule has 26 heavy (non-hydrogen) atoms. The first-order valence-corrected chi connectivity index (χ1v) is 10.3. The van der Waals surface area contributed by atoms with Crippen molar-refractivity contribution in [3.8, 4) is 0 Å². The molecule has 2 aliphatic rings. The topological polar surface area (TPSA) is 78.0 Å². The van der Waals surface area contributed by atoms with Gasteiger partial charge in [0.1, 0.15) is 10.3 Å². The Morgan fingerprint density at radius 3 is 2.81 bits per heavy atom. The molecular formula is C17H17BrN6OS. The molecule has 4 heterocycles. The Hall–Kier alpha value is -2.00. The molecular weight excluding hydrogens is 416 g/mol. The zero-order chi connectivity index (χ0) is 17.7. The zero-order valence-corrected chi connectivity index (χ0v) is 16.4. The number of anilines is 1. The van der Waals surface area contributed by atoms with Gasteiger partial charge in [0.05, 0.1) is 10.2 Å². The van der Waals surface area contributed by atoms with E-state index in [0.29, 0.717) is 24.7 Å². The number of H-pyrrole nitrogens is 1. The van der Waals surface area contributed by atoms with Crippen LogP contribution < -0.4 is 4.90 Å². The van der Waals surface area contributed by atoms with Crippen molar-refractivity contribution in [3.63, 3.8) is 0 Å². The number of thiazole rings is 1. The Balaban J connectivity index is 1.28. The molecule has 0 radical (unpaired) electrons. The maximum absolute atomic E-state index is 12.8. The number of nitrogens with zero attached hydrogens (tertiary/aromatic N) is 5. The van der Waals surface area contributed by atoms with Crippen molar-refractivity contribution in [3.05, 3.63) is 34.2 Å². The van der Waals surface area contributed by atoms with Gasteiger partial charge in [0.15, 0.2) is 10.8 Å². The molecule has 5 rings (SSSR count). The molecule has 9 heteroatoms. The van der Waals surface area contributed by atoms with Crippen molar-refractivity contribution in [2.75, 3.05) is 31.1 Å². The number of carbonyl (C=O) groups excluding carboxylic acids is 1. The minimum absolute atomic E-state index is 0.00867. The molecule has 2 fully saturated rings. The van der Waals surface area contributed by atoms with Gasteiger partial charge in [0.2, 0.25) is 0 Å². The van der Waals surface area contributed by atoms with E-state index in [1.54, 1.807) is 17.5 Å². The summed E-state index contributed by atoms with van der Waals surface area (Å²) in [5, 5.41) is 8.27. The van der Waals surface area contributed by atoms with E-state index in [0.717, 1.165) is 38.7 Å². The molecule has 1 aliphatic heterocycles. The Morgan fingerprint density at radius 2 is 2.08 bits per heavy atom. The van der Waals surface area contributed by atoms with Gasteiger partial charge in [-0.05, 0) is 40.9 Å². The number of rotatable bonds is 3. The lowest BCUT2D eigenvalue weighted by Crippen LogP contribution is -2.49. The summed E-state index contributed by atoms with van der Waals surface area (Å²) < 4.78 is 0.838. The first-order chi connectivity index (χ1) is 12.7. The third-order valence-electron chi connectivity index (χ3n) is 4.91. The van der Waals surface area contributed by atoms with Crippen molar-refractivity contribution in [2.24, 2.45) is 0 Å². The van der Waals surface area contributed by atoms with Crippen molar-refractivity contribution in [1.82, 2.24) is 25.1 Å². The number of hydrogen-bond acceptors (Lipinski definition) is 6. The molecule has 0 unspecified atom stereocenters. The molecule has 1 saturated heterocycles. The fourth-order valence-corrected chi connectivity index (χ4v) is 4.90. The summed E-state index contributed by atoms with van der Waals surface area (Å²) in [6.07, 6.45) is 4.13. The summed E-state index contributed by atoms with van der Waals surface area (Å²) in [4.78, 5) is 26.9. The fraction of sp³-hybridized carbons (Fsp3) is 0.412. The molecule has 134 valence electrons. The molecule has 0 aromatic carbocycles. The standard InChI is InChI=1S/C17H17BrN6OS/c18-12-13(10-3-4-10)21-22-14(12)16(25)23-6-8-24(9-7-23)17-20-11-2-1-5-19-15(11)26-17/h1-2,5,10H,3-4,6-9H2,(H,21,22). The maximum Gasteiger partial charge on any atom is 0.275 e. The number of amides is 1. The SMILES string of the molecule is O=C(c1n[nH]c(C2CC2)c1Br)N1CCN(c2nc3cccnc3s2)CC1. The fourth-order valence-electron chi connectivity index (χ4n) is 3.27. The van der Waals surface area contributed by atoms with Gasteiger partial charge in [-0.25, -0.2) is 9.97 Å². The number of pyridine rings is 1. The zero-order valence-electron chi connectivity index (χ0n) is 14.0. The van der Waals surface area contributed by atoms with E-state index in [2.05, 4.69) is 41.0 Å². The number of halogens is 1. The van der Waals surface area contributed by atoms with E-state index in [1.165, 1.54) is 12.8 Å². The van der Waals surface area contributed by atoms with Gasteiger partial charge in [-0.1, -0.05) is 11.3 Å². The second-order valence-corrected chi connectivity index (χ2v) is 8.43. The molecule has 0 atom stereocenters. The van der Waals surface area contributed by atoms with Crippen LogP contribution in [0.5, 0.6) is 0 Å². The van der Waals surface area contributed by atoms with Crippen LogP contribution in [0, 0.1) is 0 Å². The van der Waals surface area contributed by atoms with Gasteiger partial charge in [-0.2, -0.15) is 5.10 Å². The quantitative estimate of drug-likeness (QED) is 0.687. The minimum atomic E-state index is -0.00867. The highest BCUT2D eigenvalue weighted by Crippen LogP contribution is 2.43. The summed E-state index contributed by atoms with van der Waals surface area (Å²) in [6, 6.07) is 3.88. The number of piperazine rings is 1. The van der Waals surface area contributed by atoms with Crippen molar-refractivity contribution >= 4 is 48.7 Å². The van der Waals surface area contributed by atoms with Gasteiger partial charge in [-0.3, -0.25) is 9.89 Å². The molecule has 3 aromatic heterocycles. The Bertz CT molecular complexity index is 940. The first-order valence-electron chi connectivity index (χ1n) is 8.70. The van der Waals surface area contributed by atoms with E-state index in [1.807, 2.05) is 17.0 Å². The molecule has 0 bridgehead atoms. The van der Waals surface area contributed by atoms with E-state index in [-0.39, 0.29) is 5.91 Å². The van der Waals surface area contributed by atoms with Crippen molar-refractivity contribution in [2.45, 2.75) is 18.8 Å². The highest BCUT2D eigenvalue weighted by atomic mass is 79.9. The Morgan fingerprint density at radius 1 is 1.27 bits per heavy atom. The van der Waals surface area contributed by atoms with Crippen molar-refractivity contribution < 1.29 is 4.79 Å². The number of fused-ring (bicyclic) bond motifs is 1. The largest absolute Gasteiger partial charge is 0.344 e. The number of hydrogen-bond donors (Lipinski definition) is 1. The molecule has 1 amide bonds.